The van der Waals surface area contributed by atoms with Crippen LogP contribution in [0.2, 0.25) is 5.02 Å². The minimum absolute atomic E-state index is 0.0205. The number of halogens is 2. The van der Waals surface area contributed by atoms with E-state index in [0.29, 0.717) is 11.4 Å². The van der Waals surface area contributed by atoms with Crippen molar-refractivity contribution in [3.8, 4) is 0 Å². The molecule has 1 aromatic heterocycles. The highest BCUT2D eigenvalue weighted by atomic mass is 35.5. The molecule has 2 atom stereocenters. The Kier molecular flexibility index (Phi) is 4.70. The van der Waals surface area contributed by atoms with Crippen molar-refractivity contribution in [2.45, 2.75) is 44.4 Å². The molecule has 1 heterocycles. The molecule has 0 amide bonds. The molecule has 1 aromatic carbocycles. The van der Waals surface area contributed by atoms with Gasteiger partial charge in [-0.05, 0) is 49.4 Å². The maximum atomic E-state index is 15.5. The summed E-state index contributed by atoms with van der Waals surface area (Å²) in [5.74, 6) is -0.486. The van der Waals surface area contributed by atoms with Gasteiger partial charge in [0, 0.05) is 23.2 Å². The average molecular weight is 348 g/mol. The van der Waals surface area contributed by atoms with Crippen LogP contribution in [0, 0.1) is 6.92 Å². The van der Waals surface area contributed by atoms with Crippen LogP contribution >= 0.6 is 11.6 Å². The van der Waals surface area contributed by atoms with Gasteiger partial charge in [-0.3, -0.25) is 9.78 Å². The summed E-state index contributed by atoms with van der Waals surface area (Å²) in [4.78, 5) is 16.7. The van der Waals surface area contributed by atoms with E-state index in [1.165, 1.54) is 6.20 Å². The molecule has 1 N–H and O–H groups in total. The Hall–Kier alpha value is -1.78. The van der Waals surface area contributed by atoms with Crippen LogP contribution in [-0.4, -0.2) is 15.9 Å². The van der Waals surface area contributed by atoms with E-state index in [9.17, 15) is 9.90 Å². The summed E-state index contributed by atoms with van der Waals surface area (Å²) in [5.41, 5.74) is 0.261. The largest absolute Gasteiger partial charge is 0.387 e. The van der Waals surface area contributed by atoms with Crippen molar-refractivity contribution < 1.29 is 14.3 Å². The van der Waals surface area contributed by atoms with Gasteiger partial charge in [0.25, 0.3) is 0 Å². The van der Waals surface area contributed by atoms with Gasteiger partial charge in [0.2, 0.25) is 0 Å². The lowest BCUT2D eigenvalue weighted by Crippen LogP contribution is -2.36. The maximum Gasteiger partial charge on any atom is 0.195 e. The number of alkyl halides is 1. The van der Waals surface area contributed by atoms with E-state index < -0.39 is 17.6 Å². The summed E-state index contributed by atoms with van der Waals surface area (Å²) in [6.45, 7) is 1.94. The molecule has 0 fully saturated rings. The molecule has 2 aromatic rings. The molecular weight excluding hydrogens is 329 g/mol. The molecule has 5 heteroatoms. The number of aliphatic hydroxyl groups excluding tert-OH is 1. The summed E-state index contributed by atoms with van der Waals surface area (Å²) in [6.07, 6.45) is 1.31. The van der Waals surface area contributed by atoms with Gasteiger partial charge in [-0.25, -0.2) is 4.39 Å². The number of aliphatic hydroxyl groups is 1. The van der Waals surface area contributed by atoms with Gasteiger partial charge in [-0.1, -0.05) is 29.8 Å². The standard InChI is InChI=1S/C19H19ClFNO2/c1-12-4-5-13(15(20)11-12)6-7-17(24)19(21)9-8-16(23)18-14(19)3-2-10-22-18/h2-5,10-11,16,23H,6-9H2,1H3/t16-,19-/m0/s1. The lowest BCUT2D eigenvalue weighted by molar-refractivity contribution is -0.133. The molecule has 0 saturated heterocycles. The molecule has 1 aliphatic rings. The number of carbonyl (C=O) groups is 1. The summed E-state index contributed by atoms with van der Waals surface area (Å²) < 4.78 is 15.5. The Labute approximate surface area is 145 Å². The zero-order valence-corrected chi connectivity index (χ0v) is 14.2. The second-order valence-corrected chi connectivity index (χ2v) is 6.72. The molecule has 0 radical (unpaired) electrons. The number of aromatic nitrogens is 1. The van der Waals surface area contributed by atoms with Gasteiger partial charge < -0.3 is 5.11 Å². The third-order valence-electron chi connectivity index (χ3n) is 4.62. The predicted molar refractivity (Wildman–Crippen MR) is 90.7 cm³/mol. The third-order valence-corrected chi connectivity index (χ3v) is 4.97. The first kappa shape index (κ1) is 17.1. The van der Waals surface area contributed by atoms with Crippen LogP contribution in [0.1, 0.15) is 47.8 Å². The van der Waals surface area contributed by atoms with Crippen molar-refractivity contribution in [1.29, 1.82) is 0 Å². The lowest BCUT2D eigenvalue weighted by atomic mass is 9.77. The second-order valence-electron chi connectivity index (χ2n) is 6.31. The topological polar surface area (TPSA) is 50.2 Å². The van der Waals surface area contributed by atoms with Gasteiger partial charge >= 0.3 is 0 Å². The summed E-state index contributed by atoms with van der Waals surface area (Å²) in [7, 11) is 0. The zero-order chi connectivity index (χ0) is 17.3. The van der Waals surface area contributed by atoms with Crippen molar-refractivity contribution in [1.82, 2.24) is 4.98 Å². The van der Waals surface area contributed by atoms with Crippen LogP contribution in [0.25, 0.3) is 0 Å². The molecular formula is C19H19ClFNO2. The van der Waals surface area contributed by atoms with E-state index in [1.807, 2.05) is 25.1 Å². The maximum absolute atomic E-state index is 15.5. The fourth-order valence-electron chi connectivity index (χ4n) is 3.22. The molecule has 1 aliphatic carbocycles. The first-order chi connectivity index (χ1) is 11.4. The number of hydrogen-bond donors (Lipinski definition) is 1. The number of nitrogens with zero attached hydrogens (tertiary/aromatic N) is 1. The van der Waals surface area contributed by atoms with E-state index in [0.717, 1.165) is 11.1 Å². The van der Waals surface area contributed by atoms with Crippen LogP contribution in [0.5, 0.6) is 0 Å². The number of ketones is 1. The predicted octanol–water partition coefficient (Wildman–Crippen LogP) is 4.24. The fraction of sp³-hybridized carbons (Fsp3) is 0.368. The lowest BCUT2D eigenvalue weighted by Gasteiger charge is -2.32. The number of pyridine rings is 1. The molecule has 3 rings (SSSR count). The highest BCUT2D eigenvalue weighted by molar-refractivity contribution is 6.31. The quantitative estimate of drug-likeness (QED) is 0.900. The number of carbonyl (C=O) groups excluding carboxylic acids is 1. The molecule has 0 saturated carbocycles. The van der Waals surface area contributed by atoms with Crippen molar-refractivity contribution >= 4 is 17.4 Å². The van der Waals surface area contributed by atoms with E-state index in [4.69, 9.17) is 11.6 Å². The molecule has 126 valence electrons. The first-order valence-corrected chi connectivity index (χ1v) is 8.40. The number of Topliss-reactive ketones (excluding diaryl/α,β-unsaturated/α-hetero) is 1. The molecule has 3 nitrogen and oxygen atoms in total. The van der Waals surface area contributed by atoms with Crippen LogP contribution < -0.4 is 0 Å². The number of hydrogen-bond acceptors (Lipinski definition) is 3. The second kappa shape index (κ2) is 6.61. The minimum atomic E-state index is -2.08. The number of fused-ring (bicyclic) bond motifs is 1. The van der Waals surface area contributed by atoms with E-state index >= 15 is 4.39 Å². The van der Waals surface area contributed by atoms with Crippen molar-refractivity contribution in [2.75, 3.05) is 0 Å². The summed E-state index contributed by atoms with van der Waals surface area (Å²) in [5, 5.41) is 10.6. The SMILES string of the molecule is Cc1ccc(CCC(=O)[C@]2(F)CC[C@H](O)c3ncccc32)c(Cl)c1. The van der Waals surface area contributed by atoms with E-state index in [2.05, 4.69) is 4.98 Å². The normalized spacial score (nSPS) is 22.9. The summed E-state index contributed by atoms with van der Waals surface area (Å²) >= 11 is 6.19. The fourth-order valence-corrected chi connectivity index (χ4v) is 3.55. The van der Waals surface area contributed by atoms with Crippen LogP contribution in [-0.2, 0) is 16.9 Å². The van der Waals surface area contributed by atoms with E-state index in [-0.39, 0.29) is 30.5 Å². The number of aryl methyl sites for hydroxylation is 2. The Morgan fingerprint density at radius 2 is 2.25 bits per heavy atom. The third kappa shape index (κ3) is 3.08. The Balaban J connectivity index is 1.81. The summed E-state index contributed by atoms with van der Waals surface area (Å²) in [6, 6.07) is 8.77. The van der Waals surface area contributed by atoms with Crippen molar-refractivity contribution in [2.24, 2.45) is 0 Å². The van der Waals surface area contributed by atoms with Gasteiger partial charge in [0.15, 0.2) is 11.5 Å². The van der Waals surface area contributed by atoms with E-state index in [1.54, 1.807) is 12.1 Å². The first-order valence-electron chi connectivity index (χ1n) is 8.02. The highest BCUT2D eigenvalue weighted by Crippen LogP contribution is 2.43. The highest BCUT2D eigenvalue weighted by Gasteiger charge is 2.45. The average Bonchev–Trinajstić information content (AvgIpc) is 2.57. The Morgan fingerprint density at radius 3 is 3.00 bits per heavy atom. The smallest absolute Gasteiger partial charge is 0.195 e. The van der Waals surface area contributed by atoms with Crippen LogP contribution in [0.15, 0.2) is 36.5 Å². The zero-order valence-electron chi connectivity index (χ0n) is 13.4. The molecule has 0 bridgehead atoms. The molecule has 0 aliphatic heterocycles. The molecule has 0 unspecified atom stereocenters. The van der Waals surface area contributed by atoms with Gasteiger partial charge in [-0.15, -0.1) is 0 Å². The van der Waals surface area contributed by atoms with Crippen LogP contribution in [0.3, 0.4) is 0 Å². The van der Waals surface area contributed by atoms with Crippen molar-refractivity contribution in [3.05, 3.63) is 63.9 Å². The molecule has 24 heavy (non-hydrogen) atoms. The van der Waals surface area contributed by atoms with Crippen molar-refractivity contribution in [3.63, 3.8) is 0 Å². The molecule has 0 spiro atoms. The van der Waals surface area contributed by atoms with Gasteiger partial charge in [0.1, 0.15) is 0 Å². The number of rotatable bonds is 4. The van der Waals surface area contributed by atoms with Gasteiger partial charge in [0.05, 0.1) is 11.8 Å². The van der Waals surface area contributed by atoms with Gasteiger partial charge in [-0.2, -0.15) is 0 Å². The minimum Gasteiger partial charge on any atom is -0.387 e. The van der Waals surface area contributed by atoms with Crippen LogP contribution in [0.4, 0.5) is 4.39 Å². The Bertz CT molecular complexity index is 780. The number of benzene rings is 1. The Morgan fingerprint density at radius 1 is 1.46 bits per heavy atom. The monoisotopic (exact) mass is 347 g/mol.